The zero-order valence-electron chi connectivity index (χ0n) is 18.7. The molecule has 1 aliphatic heterocycles. The Morgan fingerprint density at radius 3 is 1.94 bits per heavy atom. The zero-order chi connectivity index (χ0) is 23.2. The van der Waals surface area contributed by atoms with Crippen molar-refractivity contribution in [1.29, 1.82) is 0 Å². The topological polar surface area (TPSA) is 66.5 Å². The molecule has 4 rings (SSSR count). The van der Waals surface area contributed by atoms with Gasteiger partial charge in [0.15, 0.2) is 0 Å². The summed E-state index contributed by atoms with van der Waals surface area (Å²) in [4.78, 5) is 41.2. The average molecular weight is 441 g/mol. The number of nitrogens with one attached hydrogen (secondary N) is 1. The first-order chi connectivity index (χ1) is 16.1. The molecule has 0 saturated carbocycles. The summed E-state index contributed by atoms with van der Waals surface area (Å²) in [5.74, 6) is -1.16. The number of fused-ring (bicyclic) bond motifs is 1. The number of amides is 3. The third-order valence-electron chi connectivity index (χ3n) is 6.08. The summed E-state index contributed by atoms with van der Waals surface area (Å²) in [5.41, 5.74) is 2.59. The molecule has 33 heavy (non-hydrogen) atoms. The summed E-state index contributed by atoms with van der Waals surface area (Å²) in [6.07, 6.45) is 3.00. The van der Waals surface area contributed by atoms with Crippen molar-refractivity contribution in [3.8, 4) is 0 Å². The van der Waals surface area contributed by atoms with E-state index in [-0.39, 0.29) is 18.4 Å². The first kappa shape index (κ1) is 22.5. The van der Waals surface area contributed by atoms with Crippen molar-refractivity contribution in [2.75, 3.05) is 0 Å². The largest absolute Gasteiger partial charge is 0.347 e. The fourth-order valence-electron chi connectivity index (χ4n) is 4.31. The quantitative estimate of drug-likeness (QED) is 0.479. The molecule has 0 aromatic heterocycles. The highest BCUT2D eigenvalue weighted by atomic mass is 16.2. The number of hydrogen-bond donors (Lipinski definition) is 1. The Morgan fingerprint density at radius 2 is 1.36 bits per heavy atom. The van der Waals surface area contributed by atoms with Gasteiger partial charge >= 0.3 is 0 Å². The minimum absolute atomic E-state index is 0.188. The van der Waals surface area contributed by atoms with Crippen LogP contribution in [0.3, 0.4) is 0 Å². The van der Waals surface area contributed by atoms with Crippen molar-refractivity contribution in [3.05, 3.63) is 107 Å². The van der Waals surface area contributed by atoms with Gasteiger partial charge in [-0.3, -0.25) is 19.3 Å². The third kappa shape index (κ3) is 4.87. The minimum Gasteiger partial charge on any atom is -0.347 e. The maximum atomic E-state index is 13.7. The van der Waals surface area contributed by atoms with E-state index >= 15 is 0 Å². The summed E-state index contributed by atoms with van der Waals surface area (Å²) in [6.45, 7) is 2.11. The lowest BCUT2D eigenvalue weighted by Gasteiger charge is -2.28. The molecule has 3 aromatic rings. The number of benzene rings is 3. The number of carbonyl (C=O) groups excluding carboxylic acids is 3. The molecule has 5 heteroatoms. The maximum absolute atomic E-state index is 13.7. The van der Waals surface area contributed by atoms with Crippen molar-refractivity contribution >= 4 is 17.7 Å². The molecule has 0 saturated heterocycles. The molecule has 0 radical (unpaired) electrons. The molecule has 5 nitrogen and oxygen atoms in total. The van der Waals surface area contributed by atoms with Gasteiger partial charge in [-0.1, -0.05) is 92.6 Å². The van der Waals surface area contributed by atoms with Gasteiger partial charge in [-0.15, -0.1) is 0 Å². The van der Waals surface area contributed by atoms with Crippen LogP contribution in [0.1, 0.15) is 64.1 Å². The van der Waals surface area contributed by atoms with Crippen LogP contribution >= 0.6 is 0 Å². The number of unbranched alkanes of at least 4 members (excludes halogenated alkanes) is 1. The van der Waals surface area contributed by atoms with Crippen LogP contribution < -0.4 is 5.32 Å². The lowest BCUT2D eigenvalue weighted by molar-refractivity contribution is -0.125. The summed E-state index contributed by atoms with van der Waals surface area (Å²) < 4.78 is 0. The van der Waals surface area contributed by atoms with Gasteiger partial charge in [-0.2, -0.15) is 0 Å². The summed E-state index contributed by atoms with van der Waals surface area (Å²) in [7, 11) is 0. The number of nitrogens with zero attached hydrogens (tertiary/aromatic N) is 1. The molecule has 3 aromatic carbocycles. The van der Waals surface area contributed by atoms with E-state index in [1.807, 2.05) is 60.7 Å². The Bertz CT molecular complexity index is 1090. The Hall–Kier alpha value is -3.73. The van der Waals surface area contributed by atoms with Crippen molar-refractivity contribution in [1.82, 2.24) is 10.2 Å². The van der Waals surface area contributed by atoms with Crippen molar-refractivity contribution < 1.29 is 14.4 Å². The van der Waals surface area contributed by atoms with E-state index in [1.54, 1.807) is 24.3 Å². The van der Waals surface area contributed by atoms with Gasteiger partial charge in [0.25, 0.3) is 11.8 Å². The summed E-state index contributed by atoms with van der Waals surface area (Å²) in [6, 6.07) is 24.9. The molecule has 2 atom stereocenters. The number of carbonyl (C=O) groups is 3. The van der Waals surface area contributed by atoms with Crippen molar-refractivity contribution in [3.63, 3.8) is 0 Å². The van der Waals surface area contributed by atoms with Gasteiger partial charge in [0, 0.05) is 6.42 Å². The molecule has 0 aliphatic carbocycles. The molecular weight excluding hydrogens is 412 g/mol. The lowest BCUT2D eigenvalue weighted by Crippen LogP contribution is -2.51. The number of hydrogen-bond acceptors (Lipinski definition) is 3. The molecule has 0 fully saturated rings. The van der Waals surface area contributed by atoms with E-state index in [0.717, 1.165) is 35.3 Å². The van der Waals surface area contributed by atoms with Gasteiger partial charge in [0.1, 0.15) is 6.04 Å². The molecule has 1 aliphatic rings. The van der Waals surface area contributed by atoms with Crippen LogP contribution in [0.4, 0.5) is 0 Å². The highest BCUT2D eigenvalue weighted by Gasteiger charge is 2.43. The van der Waals surface area contributed by atoms with Crippen LogP contribution in [0.25, 0.3) is 0 Å². The molecule has 1 heterocycles. The molecule has 168 valence electrons. The van der Waals surface area contributed by atoms with E-state index in [0.29, 0.717) is 11.1 Å². The molecule has 0 spiro atoms. The standard InChI is InChI=1S/C28H28N2O3/c1-2-3-18-24(21-14-8-5-9-15-21)29-26(31)25(19-20-12-6-4-7-13-20)30-27(32)22-16-10-11-17-23(22)28(30)33/h4-17,24-25H,2-3,18-19H2,1H3,(H,29,31)/t24-,25-/m0/s1. The van der Waals surface area contributed by atoms with Gasteiger partial charge in [-0.05, 0) is 29.7 Å². The highest BCUT2D eigenvalue weighted by molar-refractivity contribution is 6.22. The van der Waals surface area contributed by atoms with Crippen LogP contribution in [0.15, 0.2) is 84.9 Å². The Labute approximate surface area is 194 Å². The van der Waals surface area contributed by atoms with E-state index < -0.39 is 17.9 Å². The summed E-state index contributed by atoms with van der Waals surface area (Å²) >= 11 is 0. The number of imide groups is 1. The molecule has 0 bridgehead atoms. The van der Waals surface area contributed by atoms with E-state index in [2.05, 4.69) is 12.2 Å². The van der Waals surface area contributed by atoms with Crippen molar-refractivity contribution in [2.45, 2.75) is 44.7 Å². The SMILES string of the molecule is CCCC[C@H](NC(=O)[C@H](Cc1ccccc1)N1C(=O)c2ccccc2C1=O)c1ccccc1. The van der Waals surface area contributed by atoms with Crippen LogP contribution in [0.2, 0.25) is 0 Å². The van der Waals surface area contributed by atoms with E-state index in [1.165, 1.54) is 0 Å². The molecular formula is C28H28N2O3. The Balaban J connectivity index is 1.65. The van der Waals surface area contributed by atoms with Gasteiger partial charge < -0.3 is 5.32 Å². The predicted octanol–water partition coefficient (Wildman–Crippen LogP) is 4.94. The second-order valence-corrected chi connectivity index (χ2v) is 8.35. The molecule has 0 unspecified atom stereocenters. The second-order valence-electron chi connectivity index (χ2n) is 8.35. The zero-order valence-corrected chi connectivity index (χ0v) is 18.7. The first-order valence-corrected chi connectivity index (χ1v) is 11.5. The fourth-order valence-corrected chi connectivity index (χ4v) is 4.31. The third-order valence-corrected chi connectivity index (χ3v) is 6.08. The summed E-state index contributed by atoms with van der Waals surface area (Å²) in [5, 5.41) is 3.15. The monoisotopic (exact) mass is 440 g/mol. The Kier molecular flexibility index (Phi) is 6.98. The van der Waals surface area contributed by atoms with Gasteiger partial charge in [0.05, 0.1) is 17.2 Å². The molecule has 3 amide bonds. The molecule has 1 N–H and O–H groups in total. The smallest absolute Gasteiger partial charge is 0.262 e. The highest BCUT2D eigenvalue weighted by Crippen LogP contribution is 2.27. The fraction of sp³-hybridized carbons (Fsp3) is 0.250. The minimum atomic E-state index is -0.937. The number of rotatable bonds is 9. The van der Waals surface area contributed by atoms with Crippen molar-refractivity contribution in [2.24, 2.45) is 0 Å². The predicted molar refractivity (Wildman–Crippen MR) is 128 cm³/mol. The second kappa shape index (κ2) is 10.3. The normalized spacial score (nSPS) is 14.6. The van der Waals surface area contributed by atoms with E-state index in [9.17, 15) is 14.4 Å². The lowest BCUT2D eigenvalue weighted by atomic mass is 9.99. The van der Waals surface area contributed by atoms with Crippen LogP contribution in [-0.4, -0.2) is 28.7 Å². The van der Waals surface area contributed by atoms with Crippen LogP contribution in [0, 0.1) is 0 Å². The maximum Gasteiger partial charge on any atom is 0.262 e. The van der Waals surface area contributed by atoms with E-state index in [4.69, 9.17) is 0 Å². The first-order valence-electron chi connectivity index (χ1n) is 11.5. The van der Waals surface area contributed by atoms with Gasteiger partial charge in [0.2, 0.25) is 5.91 Å². The van der Waals surface area contributed by atoms with Crippen LogP contribution in [-0.2, 0) is 11.2 Å². The average Bonchev–Trinajstić information content (AvgIpc) is 3.11. The van der Waals surface area contributed by atoms with Gasteiger partial charge in [-0.25, -0.2) is 0 Å². The van der Waals surface area contributed by atoms with Crippen LogP contribution in [0.5, 0.6) is 0 Å². The Morgan fingerprint density at radius 1 is 0.818 bits per heavy atom.